The first-order valence-corrected chi connectivity index (χ1v) is 9.89. The van der Waals surface area contributed by atoms with Crippen molar-refractivity contribution in [2.45, 2.75) is 23.4 Å². The monoisotopic (exact) mass is 422 g/mol. The zero-order valence-corrected chi connectivity index (χ0v) is 17.1. The molecule has 2 N–H and O–H groups in total. The second-order valence-electron chi connectivity index (χ2n) is 6.22. The number of pyridine rings is 1. The summed E-state index contributed by atoms with van der Waals surface area (Å²) in [6.45, 7) is 2.69. The van der Waals surface area contributed by atoms with Crippen LogP contribution in [-0.4, -0.2) is 37.9 Å². The number of ether oxygens (including phenoxy) is 1. The molecule has 4 rings (SSSR count). The predicted octanol–water partition coefficient (Wildman–Crippen LogP) is 3.42. The van der Waals surface area contributed by atoms with E-state index in [1.165, 1.54) is 24.9 Å². The maximum atomic E-state index is 11.2. The third kappa shape index (κ3) is 3.90. The van der Waals surface area contributed by atoms with E-state index in [0.717, 1.165) is 26.5 Å². The number of methoxy groups -OCH3 is 1. The Morgan fingerprint density at radius 3 is 2.77 bits per heavy atom. The second kappa shape index (κ2) is 8.37. The van der Waals surface area contributed by atoms with Crippen molar-refractivity contribution in [1.82, 2.24) is 24.8 Å². The van der Waals surface area contributed by atoms with Crippen molar-refractivity contribution in [2.75, 3.05) is 12.8 Å². The fourth-order valence-electron chi connectivity index (χ4n) is 2.92. The maximum Gasteiger partial charge on any atom is 0.330 e. The van der Waals surface area contributed by atoms with Gasteiger partial charge in [0, 0.05) is 17.5 Å². The molecule has 30 heavy (non-hydrogen) atoms. The zero-order valence-electron chi connectivity index (χ0n) is 16.3. The Kier molecular flexibility index (Phi) is 5.48. The summed E-state index contributed by atoms with van der Waals surface area (Å²) in [6.07, 6.45) is 4.82. The van der Waals surface area contributed by atoms with Gasteiger partial charge in [-0.2, -0.15) is 0 Å². The molecule has 0 fully saturated rings. The van der Waals surface area contributed by atoms with Gasteiger partial charge in [-0.25, -0.2) is 19.4 Å². The lowest BCUT2D eigenvalue weighted by molar-refractivity contribution is -0.134. The Morgan fingerprint density at radius 2 is 2.10 bits per heavy atom. The molecule has 10 heteroatoms. The Bertz CT molecular complexity index is 1230. The van der Waals surface area contributed by atoms with Crippen LogP contribution in [-0.2, 0) is 16.1 Å². The molecule has 3 aromatic heterocycles. The number of nitrogens with zero attached hydrogens (tertiary/aromatic N) is 5. The predicted molar refractivity (Wildman–Crippen MR) is 113 cm³/mol. The largest absolute Gasteiger partial charge is 0.466 e. The molecule has 9 nitrogen and oxygen atoms in total. The number of hydrogen-bond donors (Lipinski definition) is 1. The van der Waals surface area contributed by atoms with E-state index in [1.807, 2.05) is 41.8 Å². The lowest BCUT2D eigenvalue weighted by Crippen LogP contribution is -2.00. The van der Waals surface area contributed by atoms with Crippen LogP contribution in [0.4, 0.5) is 5.82 Å². The quantitative estimate of drug-likeness (QED) is 0.368. The number of aryl methyl sites for hydroxylation is 1. The number of hydrogen-bond acceptors (Lipinski definition) is 9. The van der Waals surface area contributed by atoms with Crippen molar-refractivity contribution in [2.24, 2.45) is 0 Å². The Morgan fingerprint density at radius 1 is 1.30 bits per heavy atom. The van der Waals surface area contributed by atoms with Crippen molar-refractivity contribution >= 4 is 40.7 Å². The van der Waals surface area contributed by atoms with Crippen LogP contribution in [0.3, 0.4) is 0 Å². The topological polar surface area (TPSA) is 122 Å². The van der Waals surface area contributed by atoms with Crippen LogP contribution in [0.2, 0.25) is 0 Å². The Balaban J connectivity index is 1.60. The Labute approximate surface area is 175 Å². The van der Waals surface area contributed by atoms with Crippen LogP contribution in [0.5, 0.6) is 0 Å². The van der Waals surface area contributed by atoms with E-state index < -0.39 is 0 Å². The van der Waals surface area contributed by atoms with Gasteiger partial charge in [-0.05, 0) is 47.1 Å². The van der Waals surface area contributed by atoms with Gasteiger partial charge < -0.3 is 15.0 Å². The van der Waals surface area contributed by atoms with E-state index in [-0.39, 0.29) is 11.8 Å². The standard InChI is InChI=1S/C20H18N6O3S/c1-3-26-15-10-16(22-11-14(15)23-20(26)18-19(21)25-29-24-18)30-13-7-4-12(5-8-13)6-9-17(27)28-2/h4-11H,3H2,1-2H3,(H2,21,25). The maximum absolute atomic E-state index is 11.2. The summed E-state index contributed by atoms with van der Waals surface area (Å²) in [6, 6.07) is 9.77. The minimum absolute atomic E-state index is 0.198. The highest BCUT2D eigenvalue weighted by Crippen LogP contribution is 2.31. The molecule has 0 unspecified atom stereocenters. The van der Waals surface area contributed by atoms with Crippen LogP contribution < -0.4 is 5.73 Å². The van der Waals surface area contributed by atoms with Gasteiger partial charge in [-0.15, -0.1) is 0 Å². The molecule has 0 bridgehead atoms. The molecule has 3 heterocycles. The lowest BCUT2D eigenvalue weighted by Gasteiger charge is -2.05. The van der Waals surface area contributed by atoms with Gasteiger partial charge in [-0.1, -0.05) is 23.9 Å². The first-order valence-electron chi connectivity index (χ1n) is 9.07. The van der Waals surface area contributed by atoms with Crippen molar-refractivity contribution < 1.29 is 14.2 Å². The molecule has 0 radical (unpaired) electrons. The number of nitrogen functional groups attached to an aromatic ring is 1. The van der Waals surface area contributed by atoms with Crippen LogP contribution in [0.25, 0.3) is 28.6 Å². The third-order valence-electron chi connectivity index (χ3n) is 4.37. The normalized spacial score (nSPS) is 11.4. The van der Waals surface area contributed by atoms with E-state index in [2.05, 4.69) is 25.0 Å². The van der Waals surface area contributed by atoms with Gasteiger partial charge in [0.25, 0.3) is 0 Å². The number of esters is 1. The number of imidazole rings is 1. The lowest BCUT2D eigenvalue weighted by atomic mass is 10.2. The Hall–Kier alpha value is -3.66. The third-order valence-corrected chi connectivity index (χ3v) is 5.31. The van der Waals surface area contributed by atoms with Gasteiger partial charge in [0.2, 0.25) is 0 Å². The molecule has 152 valence electrons. The van der Waals surface area contributed by atoms with Crippen LogP contribution in [0, 0.1) is 0 Å². The van der Waals surface area contributed by atoms with Gasteiger partial charge in [-0.3, -0.25) is 0 Å². The minimum Gasteiger partial charge on any atom is -0.466 e. The van der Waals surface area contributed by atoms with Gasteiger partial charge in [0.05, 0.1) is 18.8 Å². The number of anilines is 1. The average Bonchev–Trinajstić information content (AvgIpc) is 3.35. The van der Waals surface area contributed by atoms with E-state index in [1.54, 1.807) is 12.3 Å². The number of carbonyl (C=O) groups is 1. The summed E-state index contributed by atoms with van der Waals surface area (Å²) in [5, 5.41) is 8.33. The van der Waals surface area contributed by atoms with Crippen LogP contribution in [0.1, 0.15) is 12.5 Å². The second-order valence-corrected chi connectivity index (χ2v) is 7.31. The molecule has 1 aromatic carbocycles. The van der Waals surface area contributed by atoms with Crippen molar-refractivity contribution in [1.29, 1.82) is 0 Å². The van der Waals surface area contributed by atoms with Gasteiger partial charge in [0.15, 0.2) is 17.3 Å². The molecule has 0 atom stereocenters. The SMILES string of the molecule is CCn1c(-c2nonc2N)nc2cnc(Sc3ccc(C=CC(=O)OC)cc3)cc21. The van der Waals surface area contributed by atoms with Crippen molar-refractivity contribution in [3.8, 4) is 11.5 Å². The highest BCUT2D eigenvalue weighted by Gasteiger charge is 2.19. The molecule has 0 aliphatic rings. The summed E-state index contributed by atoms with van der Waals surface area (Å²) in [5.41, 5.74) is 8.81. The minimum atomic E-state index is -0.388. The fraction of sp³-hybridized carbons (Fsp3) is 0.150. The molecule has 0 saturated heterocycles. The average molecular weight is 422 g/mol. The number of rotatable bonds is 6. The van der Waals surface area contributed by atoms with Gasteiger partial charge in [0.1, 0.15) is 10.5 Å². The number of benzene rings is 1. The molecular weight excluding hydrogens is 404 g/mol. The molecule has 0 aliphatic heterocycles. The highest BCUT2D eigenvalue weighted by atomic mass is 32.2. The van der Waals surface area contributed by atoms with E-state index in [9.17, 15) is 4.79 Å². The number of nitrogens with two attached hydrogens (primary N) is 1. The fourth-order valence-corrected chi connectivity index (χ4v) is 3.71. The summed E-state index contributed by atoms with van der Waals surface area (Å²) >= 11 is 1.53. The van der Waals surface area contributed by atoms with E-state index in [4.69, 9.17) is 10.4 Å². The highest BCUT2D eigenvalue weighted by molar-refractivity contribution is 7.99. The molecule has 4 aromatic rings. The number of carbonyl (C=O) groups excluding carboxylic acids is 1. The summed E-state index contributed by atoms with van der Waals surface area (Å²) in [7, 11) is 1.35. The molecule has 0 amide bonds. The molecule has 0 spiro atoms. The van der Waals surface area contributed by atoms with Gasteiger partial charge >= 0.3 is 5.97 Å². The first-order chi connectivity index (χ1) is 14.6. The summed E-state index contributed by atoms with van der Waals surface area (Å²) in [5.74, 6) is 0.405. The molecule has 0 aliphatic carbocycles. The molecule has 0 saturated carbocycles. The van der Waals surface area contributed by atoms with Crippen LogP contribution in [0.15, 0.2) is 57.2 Å². The smallest absolute Gasteiger partial charge is 0.330 e. The number of fused-ring (bicyclic) bond motifs is 1. The van der Waals surface area contributed by atoms with E-state index >= 15 is 0 Å². The number of aromatic nitrogens is 5. The van der Waals surface area contributed by atoms with Crippen molar-refractivity contribution in [3.05, 3.63) is 48.2 Å². The van der Waals surface area contributed by atoms with E-state index in [0.29, 0.717) is 18.1 Å². The first kappa shape index (κ1) is 19.6. The van der Waals surface area contributed by atoms with Crippen LogP contribution >= 0.6 is 11.8 Å². The summed E-state index contributed by atoms with van der Waals surface area (Å²) in [4.78, 5) is 21.3. The molecular formula is C20H18N6O3S. The van der Waals surface area contributed by atoms with Crippen molar-refractivity contribution in [3.63, 3.8) is 0 Å². The summed E-state index contributed by atoms with van der Waals surface area (Å²) < 4.78 is 11.3. The zero-order chi connectivity index (χ0) is 21.1.